The standard InChI is InChI=1S/C29H31N3O2/c1-19-12-15-23(18-20(19)2)31-28(33)21-13-16-22(17-14-21)30-27-25-10-6-7-11-26(25)29(34)32(27)24-8-4-3-5-9-24/h6-7,10-18,24,27,30H,3-5,8-9H2,1-2H3,(H,31,33). The summed E-state index contributed by atoms with van der Waals surface area (Å²) in [5.41, 5.74) is 6.42. The summed E-state index contributed by atoms with van der Waals surface area (Å²) in [5, 5.41) is 6.55. The Bertz CT molecular complexity index is 1210. The van der Waals surface area contributed by atoms with Crippen molar-refractivity contribution in [1.29, 1.82) is 0 Å². The second-order valence-electron chi connectivity index (χ2n) is 9.47. The second kappa shape index (κ2) is 9.34. The van der Waals surface area contributed by atoms with Gasteiger partial charge in [0.15, 0.2) is 0 Å². The number of anilines is 2. The van der Waals surface area contributed by atoms with E-state index >= 15 is 0 Å². The van der Waals surface area contributed by atoms with Gasteiger partial charge in [-0.1, -0.05) is 43.5 Å². The Hall–Kier alpha value is -3.60. The molecule has 0 radical (unpaired) electrons. The molecule has 0 aromatic heterocycles. The van der Waals surface area contributed by atoms with E-state index < -0.39 is 0 Å². The average molecular weight is 454 g/mol. The lowest BCUT2D eigenvalue weighted by Crippen LogP contribution is -2.42. The van der Waals surface area contributed by atoms with E-state index in [1.807, 2.05) is 78.6 Å². The summed E-state index contributed by atoms with van der Waals surface area (Å²) in [6, 6.07) is 21.5. The fourth-order valence-corrected chi connectivity index (χ4v) is 5.12. The van der Waals surface area contributed by atoms with Gasteiger partial charge in [-0.25, -0.2) is 0 Å². The third-order valence-corrected chi connectivity index (χ3v) is 7.18. The van der Waals surface area contributed by atoms with Crippen molar-refractivity contribution in [2.75, 3.05) is 10.6 Å². The second-order valence-corrected chi connectivity index (χ2v) is 9.47. The van der Waals surface area contributed by atoms with E-state index in [-0.39, 0.29) is 24.0 Å². The maximum Gasteiger partial charge on any atom is 0.256 e. The number of nitrogens with zero attached hydrogens (tertiary/aromatic N) is 1. The number of hydrogen-bond acceptors (Lipinski definition) is 3. The Labute approximate surface area is 201 Å². The number of nitrogens with one attached hydrogen (secondary N) is 2. The van der Waals surface area contributed by atoms with E-state index in [0.29, 0.717) is 5.56 Å². The van der Waals surface area contributed by atoms with Crippen LogP contribution in [-0.2, 0) is 0 Å². The molecular formula is C29H31N3O2. The summed E-state index contributed by atoms with van der Waals surface area (Å²) in [5.74, 6) is -0.0237. The Balaban J connectivity index is 1.34. The van der Waals surface area contributed by atoms with Crippen LogP contribution in [0.2, 0.25) is 0 Å². The molecule has 1 saturated carbocycles. The van der Waals surface area contributed by atoms with E-state index in [2.05, 4.69) is 17.6 Å². The molecule has 1 fully saturated rings. The van der Waals surface area contributed by atoms with Crippen molar-refractivity contribution >= 4 is 23.2 Å². The Morgan fingerprint density at radius 2 is 1.56 bits per heavy atom. The number of fused-ring (bicyclic) bond motifs is 1. The highest BCUT2D eigenvalue weighted by Crippen LogP contribution is 2.39. The number of carbonyl (C=O) groups is 2. The number of aryl methyl sites for hydroxylation is 2. The van der Waals surface area contributed by atoms with Crippen molar-refractivity contribution in [1.82, 2.24) is 4.90 Å². The number of benzene rings is 3. The third-order valence-electron chi connectivity index (χ3n) is 7.18. The topological polar surface area (TPSA) is 61.4 Å². The van der Waals surface area contributed by atoms with Crippen LogP contribution in [0, 0.1) is 13.8 Å². The Kier molecular flexibility index (Phi) is 6.10. The van der Waals surface area contributed by atoms with Crippen LogP contribution >= 0.6 is 0 Å². The molecule has 3 aromatic carbocycles. The average Bonchev–Trinajstić information content (AvgIpc) is 3.14. The van der Waals surface area contributed by atoms with Gasteiger partial charge in [0, 0.05) is 34.1 Å². The van der Waals surface area contributed by atoms with Crippen LogP contribution in [0.25, 0.3) is 0 Å². The van der Waals surface area contributed by atoms with Gasteiger partial charge in [0.1, 0.15) is 6.17 Å². The first-order valence-electron chi connectivity index (χ1n) is 12.2. The molecule has 1 aliphatic heterocycles. The molecule has 2 N–H and O–H groups in total. The zero-order valence-corrected chi connectivity index (χ0v) is 19.8. The molecule has 2 aliphatic rings. The van der Waals surface area contributed by atoms with Crippen LogP contribution < -0.4 is 10.6 Å². The molecule has 3 aromatic rings. The lowest BCUT2D eigenvalue weighted by atomic mass is 9.94. The summed E-state index contributed by atoms with van der Waals surface area (Å²) >= 11 is 0. The van der Waals surface area contributed by atoms with Gasteiger partial charge in [0.25, 0.3) is 11.8 Å². The van der Waals surface area contributed by atoms with Gasteiger partial charge in [0.2, 0.25) is 0 Å². The van der Waals surface area contributed by atoms with E-state index in [1.54, 1.807) is 0 Å². The minimum absolute atomic E-state index is 0.115. The largest absolute Gasteiger partial charge is 0.361 e. The first kappa shape index (κ1) is 22.2. The molecular weight excluding hydrogens is 422 g/mol. The summed E-state index contributed by atoms with van der Waals surface area (Å²) < 4.78 is 0. The molecule has 1 atom stereocenters. The SMILES string of the molecule is Cc1ccc(NC(=O)c2ccc(NC3c4ccccc4C(=O)N3C3CCCCC3)cc2)cc1C. The van der Waals surface area contributed by atoms with Crippen LogP contribution in [0.5, 0.6) is 0 Å². The lowest BCUT2D eigenvalue weighted by Gasteiger charge is -2.36. The van der Waals surface area contributed by atoms with Crippen LogP contribution in [0.15, 0.2) is 66.7 Å². The van der Waals surface area contributed by atoms with Crippen molar-refractivity contribution in [3.63, 3.8) is 0 Å². The molecule has 0 saturated heterocycles. The quantitative estimate of drug-likeness (QED) is 0.466. The predicted octanol–water partition coefficient (Wildman–Crippen LogP) is 6.45. The number of carbonyl (C=O) groups excluding carboxylic acids is 2. The van der Waals surface area contributed by atoms with Gasteiger partial charge >= 0.3 is 0 Å². The van der Waals surface area contributed by atoms with E-state index in [4.69, 9.17) is 0 Å². The molecule has 5 nitrogen and oxygen atoms in total. The molecule has 174 valence electrons. The summed E-state index contributed by atoms with van der Waals surface area (Å²) in [6.07, 6.45) is 5.49. The number of amides is 2. The first-order valence-corrected chi connectivity index (χ1v) is 12.2. The van der Waals surface area contributed by atoms with Crippen molar-refractivity contribution in [2.45, 2.75) is 58.2 Å². The maximum absolute atomic E-state index is 13.3. The van der Waals surface area contributed by atoms with Crippen molar-refractivity contribution in [3.05, 3.63) is 94.5 Å². The normalized spacial score (nSPS) is 18.0. The Morgan fingerprint density at radius 3 is 2.29 bits per heavy atom. The Morgan fingerprint density at radius 1 is 0.853 bits per heavy atom. The van der Waals surface area contributed by atoms with E-state index in [1.165, 1.54) is 24.8 Å². The molecule has 2 amide bonds. The first-order chi connectivity index (χ1) is 16.5. The molecule has 5 heteroatoms. The van der Waals surface area contributed by atoms with E-state index in [0.717, 1.165) is 40.9 Å². The molecule has 1 heterocycles. The van der Waals surface area contributed by atoms with Crippen molar-refractivity contribution in [2.24, 2.45) is 0 Å². The number of rotatable bonds is 5. The van der Waals surface area contributed by atoms with Crippen molar-refractivity contribution < 1.29 is 9.59 Å². The molecule has 0 bridgehead atoms. The van der Waals surface area contributed by atoms with Gasteiger partial charge in [-0.15, -0.1) is 0 Å². The molecule has 1 unspecified atom stereocenters. The fraction of sp³-hybridized carbons (Fsp3) is 0.310. The van der Waals surface area contributed by atoms with Gasteiger partial charge in [-0.3, -0.25) is 9.59 Å². The molecule has 0 spiro atoms. The summed E-state index contributed by atoms with van der Waals surface area (Å²) in [7, 11) is 0. The zero-order chi connectivity index (χ0) is 23.7. The zero-order valence-electron chi connectivity index (χ0n) is 19.8. The minimum atomic E-state index is -0.193. The fourth-order valence-electron chi connectivity index (χ4n) is 5.12. The van der Waals surface area contributed by atoms with Gasteiger partial charge < -0.3 is 15.5 Å². The van der Waals surface area contributed by atoms with E-state index in [9.17, 15) is 9.59 Å². The van der Waals surface area contributed by atoms with Gasteiger partial charge in [0.05, 0.1) is 0 Å². The molecule has 5 rings (SSSR count). The molecule has 1 aliphatic carbocycles. The van der Waals surface area contributed by atoms with Crippen LogP contribution in [0.1, 0.15) is 75.7 Å². The number of hydrogen-bond donors (Lipinski definition) is 2. The summed E-state index contributed by atoms with van der Waals surface area (Å²) in [6.45, 7) is 4.09. The van der Waals surface area contributed by atoms with Crippen LogP contribution in [0.3, 0.4) is 0 Å². The van der Waals surface area contributed by atoms with Crippen LogP contribution in [-0.4, -0.2) is 22.8 Å². The van der Waals surface area contributed by atoms with Crippen molar-refractivity contribution in [3.8, 4) is 0 Å². The van der Waals surface area contributed by atoms with Gasteiger partial charge in [-0.2, -0.15) is 0 Å². The highest BCUT2D eigenvalue weighted by molar-refractivity contribution is 6.04. The summed E-state index contributed by atoms with van der Waals surface area (Å²) in [4.78, 5) is 28.1. The monoisotopic (exact) mass is 453 g/mol. The highest BCUT2D eigenvalue weighted by atomic mass is 16.2. The minimum Gasteiger partial charge on any atom is -0.361 e. The lowest BCUT2D eigenvalue weighted by molar-refractivity contribution is 0.0600. The highest BCUT2D eigenvalue weighted by Gasteiger charge is 2.40. The molecule has 34 heavy (non-hydrogen) atoms. The third kappa shape index (κ3) is 4.30. The van der Waals surface area contributed by atoms with Crippen LogP contribution in [0.4, 0.5) is 11.4 Å². The smallest absolute Gasteiger partial charge is 0.256 e. The maximum atomic E-state index is 13.3. The predicted molar refractivity (Wildman–Crippen MR) is 136 cm³/mol. The van der Waals surface area contributed by atoms with Gasteiger partial charge in [-0.05, 0) is 80.3 Å².